The van der Waals surface area contributed by atoms with E-state index < -0.39 is 18.6 Å². The van der Waals surface area contributed by atoms with Crippen LogP contribution in [0, 0.1) is 24.4 Å². The van der Waals surface area contributed by atoms with Gasteiger partial charge in [0.15, 0.2) is 0 Å². The van der Waals surface area contributed by atoms with Crippen LogP contribution in [0.15, 0.2) is 114 Å². The molecule has 8 heteroatoms. The maximum atomic E-state index is 13.9. The molecule has 0 atom stereocenters. The SMILES string of the molecule is [2H]C([2H])([2H])c1ccc2c(n1)oc1c(-c3cc(Cc4ccc(CC(C)(C)C)cc4)c(C(F)(F)F)cn3)[c-]ccc12.[Ir].[c-]1ccccc1-c1ccccn1. The van der Waals surface area contributed by atoms with E-state index in [2.05, 4.69) is 47.9 Å². The van der Waals surface area contributed by atoms with Crippen molar-refractivity contribution in [3.05, 3.63) is 150 Å². The second kappa shape index (κ2) is 14.9. The van der Waals surface area contributed by atoms with Gasteiger partial charge in [-0.15, -0.1) is 54.1 Å². The minimum Gasteiger partial charge on any atom is -0.486 e. The molecule has 49 heavy (non-hydrogen) atoms. The molecule has 0 aliphatic carbocycles. The number of aryl methyl sites for hydroxylation is 1. The molecule has 251 valence electrons. The summed E-state index contributed by atoms with van der Waals surface area (Å²) < 4.78 is 70.6. The van der Waals surface area contributed by atoms with Gasteiger partial charge in [-0.2, -0.15) is 13.2 Å². The molecule has 0 unspecified atom stereocenters. The summed E-state index contributed by atoms with van der Waals surface area (Å²) in [6.07, 6.45) is -1.01. The van der Waals surface area contributed by atoms with Gasteiger partial charge < -0.3 is 14.4 Å². The van der Waals surface area contributed by atoms with E-state index in [1.807, 2.05) is 66.7 Å². The van der Waals surface area contributed by atoms with Gasteiger partial charge in [-0.3, -0.25) is 0 Å². The molecule has 0 aliphatic heterocycles. The van der Waals surface area contributed by atoms with E-state index in [0.29, 0.717) is 21.9 Å². The first kappa shape index (κ1) is 31.6. The number of rotatable bonds is 5. The van der Waals surface area contributed by atoms with Gasteiger partial charge in [0.05, 0.1) is 11.1 Å². The number of furan rings is 1. The molecule has 3 aromatic carbocycles. The fourth-order valence-electron chi connectivity index (χ4n) is 5.53. The summed E-state index contributed by atoms with van der Waals surface area (Å²) in [7, 11) is 0. The third-order valence-electron chi connectivity index (χ3n) is 7.65. The number of hydrogen-bond donors (Lipinski definition) is 0. The molecule has 4 nitrogen and oxygen atoms in total. The summed E-state index contributed by atoms with van der Waals surface area (Å²) in [4.78, 5) is 12.5. The standard InChI is InChI=1S/C30H26F3N2O.C11H8N.Ir/c1-18-8-13-23-22-6-5-7-24(27(22)36-28(23)35-18)26-15-21(25(17-34-26)30(31,32)33)14-19-9-11-20(12-10-19)16-29(2,3)4;1-2-6-10(7-3-1)11-8-4-5-9-12-11;/h5-6,8-13,15,17H,14,16H2,1-4H3;1-6,8-9H;/q2*-1;/i1D3;;. The topological polar surface area (TPSA) is 51.8 Å². The van der Waals surface area contributed by atoms with Gasteiger partial charge in [0.1, 0.15) is 0 Å². The Morgan fingerprint density at radius 2 is 1.57 bits per heavy atom. The predicted molar refractivity (Wildman–Crippen MR) is 184 cm³/mol. The van der Waals surface area contributed by atoms with E-state index in [4.69, 9.17) is 8.53 Å². The van der Waals surface area contributed by atoms with Crippen LogP contribution in [0.2, 0.25) is 0 Å². The molecule has 0 aliphatic rings. The van der Waals surface area contributed by atoms with Gasteiger partial charge in [0.25, 0.3) is 0 Å². The maximum Gasteiger partial charge on any atom is 0.418 e. The average Bonchev–Trinajstić information content (AvgIpc) is 3.47. The molecule has 0 amide bonds. The smallest absolute Gasteiger partial charge is 0.418 e. The largest absolute Gasteiger partial charge is 0.486 e. The zero-order valence-corrected chi connectivity index (χ0v) is 29.4. The van der Waals surface area contributed by atoms with Gasteiger partial charge in [-0.1, -0.05) is 74.2 Å². The van der Waals surface area contributed by atoms with Crippen LogP contribution >= 0.6 is 0 Å². The summed E-state index contributed by atoms with van der Waals surface area (Å²) in [6, 6.07) is 35.3. The van der Waals surface area contributed by atoms with Crippen LogP contribution in [0.25, 0.3) is 44.6 Å². The normalized spacial score (nSPS) is 12.7. The summed E-state index contributed by atoms with van der Waals surface area (Å²) in [5, 5.41) is 1.23. The van der Waals surface area contributed by atoms with Gasteiger partial charge in [-0.05, 0) is 71.4 Å². The van der Waals surface area contributed by atoms with Crippen molar-refractivity contribution < 1.29 is 41.8 Å². The van der Waals surface area contributed by atoms with Crippen molar-refractivity contribution in [3.63, 3.8) is 0 Å². The van der Waals surface area contributed by atoms with E-state index in [-0.39, 0.29) is 54.6 Å². The number of hydrogen-bond acceptors (Lipinski definition) is 4. The first-order chi connectivity index (χ1) is 24.2. The number of pyridine rings is 3. The molecule has 0 bridgehead atoms. The Kier molecular flexibility index (Phi) is 9.58. The van der Waals surface area contributed by atoms with E-state index >= 15 is 0 Å². The van der Waals surface area contributed by atoms with Crippen molar-refractivity contribution in [1.29, 1.82) is 0 Å². The first-order valence-corrected chi connectivity index (χ1v) is 15.4. The Bertz CT molecular complexity index is 2230. The van der Waals surface area contributed by atoms with Crippen molar-refractivity contribution in [2.24, 2.45) is 5.41 Å². The van der Waals surface area contributed by atoms with Crippen LogP contribution < -0.4 is 0 Å². The summed E-state index contributed by atoms with van der Waals surface area (Å²) in [5.74, 6) is 0. The number of nitrogens with zero attached hydrogens (tertiary/aromatic N) is 3. The van der Waals surface area contributed by atoms with Crippen molar-refractivity contribution in [3.8, 4) is 22.5 Å². The van der Waals surface area contributed by atoms with Crippen LogP contribution in [0.1, 0.15) is 52.8 Å². The number of alkyl halides is 3. The molecule has 4 heterocycles. The second-order valence-electron chi connectivity index (χ2n) is 12.7. The molecule has 0 N–H and O–H groups in total. The molecule has 7 rings (SSSR count). The van der Waals surface area contributed by atoms with Crippen molar-refractivity contribution >= 4 is 22.1 Å². The van der Waals surface area contributed by atoms with Gasteiger partial charge >= 0.3 is 6.18 Å². The van der Waals surface area contributed by atoms with Gasteiger partial charge in [-0.25, -0.2) is 4.98 Å². The molecule has 7 aromatic rings. The number of benzene rings is 3. The van der Waals surface area contributed by atoms with Crippen LogP contribution in [-0.2, 0) is 39.1 Å². The van der Waals surface area contributed by atoms with Gasteiger partial charge in [0.2, 0.25) is 5.71 Å². The predicted octanol–water partition coefficient (Wildman–Crippen LogP) is 10.9. The number of aromatic nitrogens is 3. The molecular weight excluding hydrogens is 800 g/mol. The van der Waals surface area contributed by atoms with E-state index in [9.17, 15) is 13.2 Å². The minimum absolute atomic E-state index is 0. The fourth-order valence-corrected chi connectivity index (χ4v) is 5.53. The Labute approximate surface area is 302 Å². The molecular formula is C41H34F3IrN3O-2. The molecule has 0 saturated carbocycles. The molecule has 0 spiro atoms. The van der Waals surface area contributed by atoms with Crippen molar-refractivity contribution in [2.45, 2.75) is 46.6 Å². The van der Waals surface area contributed by atoms with Crippen LogP contribution in [-0.4, -0.2) is 15.0 Å². The van der Waals surface area contributed by atoms with Crippen LogP contribution in [0.3, 0.4) is 0 Å². The quantitative estimate of drug-likeness (QED) is 0.162. The number of halogens is 3. The van der Waals surface area contributed by atoms with E-state index in [0.717, 1.165) is 35.0 Å². The molecule has 1 radical (unpaired) electrons. The molecule has 0 saturated heterocycles. The van der Waals surface area contributed by atoms with Crippen molar-refractivity contribution in [2.75, 3.05) is 0 Å². The van der Waals surface area contributed by atoms with Crippen LogP contribution in [0.4, 0.5) is 13.2 Å². The van der Waals surface area contributed by atoms with Crippen LogP contribution in [0.5, 0.6) is 0 Å². The summed E-state index contributed by atoms with van der Waals surface area (Å²) in [6.45, 7) is 4.00. The van der Waals surface area contributed by atoms with E-state index in [1.165, 1.54) is 12.1 Å². The Morgan fingerprint density at radius 1 is 0.796 bits per heavy atom. The average molecular weight is 837 g/mol. The van der Waals surface area contributed by atoms with Gasteiger partial charge in [0, 0.05) is 47.7 Å². The fraction of sp³-hybridized carbons (Fsp3) is 0.195. The Hall–Kier alpha value is -4.65. The third-order valence-corrected chi connectivity index (χ3v) is 7.65. The Balaban J connectivity index is 0.000000339. The monoisotopic (exact) mass is 837 g/mol. The zero-order valence-electron chi connectivity index (χ0n) is 30.0. The summed E-state index contributed by atoms with van der Waals surface area (Å²) in [5.41, 5.74) is 4.25. The first-order valence-electron chi connectivity index (χ1n) is 16.9. The number of fused-ring (bicyclic) bond motifs is 3. The molecule has 0 fully saturated rings. The minimum atomic E-state index is -4.57. The Morgan fingerprint density at radius 3 is 2.24 bits per heavy atom. The zero-order chi connectivity index (χ0) is 36.4. The second-order valence-corrected chi connectivity index (χ2v) is 12.7. The maximum absolute atomic E-state index is 13.9. The third kappa shape index (κ3) is 8.69. The molecule has 4 aromatic heterocycles. The summed E-state index contributed by atoms with van der Waals surface area (Å²) >= 11 is 0. The van der Waals surface area contributed by atoms with Crippen molar-refractivity contribution in [1.82, 2.24) is 15.0 Å². The van der Waals surface area contributed by atoms with E-state index in [1.54, 1.807) is 24.4 Å².